The quantitative estimate of drug-likeness (QED) is 0.792. The summed E-state index contributed by atoms with van der Waals surface area (Å²) in [6.45, 7) is 2.47. The van der Waals surface area contributed by atoms with E-state index in [1.165, 1.54) is 0 Å². The van der Waals surface area contributed by atoms with Crippen LogP contribution in [0.4, 0.5) is 5.69 Å². The molecule has 0 spiro atoms. The molecule has 2 aliphatic heterocycles. The first-order chi connectivity index (χ1) is 11.6. The molecule has 1 N–H and O–H groups in total. The maximum atomic E-state index is 12.1. The van der Waals surface area contributed by atoms with Crippen molar-refractivity contribution in [1.29, 1.82) is 0 Å². The third-order valence-corrected chi connectivity index (χ3v) is 5.57. The van der Waals surface area contributed by atoms with Gasteiger partial charge in [0.25, 0.3) is 5.56 Å². The van der Waals surface area contributed by atoms with Gasteiger partial charge in [0.05, 0.1) is 10.7 Å². The Balaban J connectivity index is 1.55. The number of para-hydroxylation sites is 1. The Morgan fingerprint density at radius 1 is 1.12 bits per heavy atom. The van der Waals surface area contributed by atoms with E-state index < -0.39 is 0 Å². The van der Waals surface area contributed by atoms with Gasteiger partial charge in [-0.2, -0.15) is 0 Å². The third-order valence-electron chi connectivity index (χ3n) is 4.88. The van der Waals surface area contributed by atoms with Crippen molar-refractivity contribution in [3.05, 3.63) is 63.5 Å². The van der Waals surface area contributed by atoms with Crippen LogP contribution in [0.5, 0.6) is 0 Å². The normalized spacial score (nSPS) is 22.0. The van der Waals surface area contributed by atoms with Gasteiger partial charge >= 0.3 is 0 Å². The number of piperidine rings is 1. The first kappa shape index (κ1) is 15.7. The van der Waals surface area contributed by atoms with Crippen LogP contribution in [0.3, 0.4) is 0 Å². The number of nitrogens with one attached hydrogen (secondary N) is 1. The highest BCUT2D eigenvalue weighted by atomic mass is 35.5. The van der Waals surface area contributed by atoms with Gasteiger partial charge in [0.1, 0.15) is 0 Å². The third kappa shape index (κ3) is 2.82. The molecule has 1 aromatic heterocycles. The molecule has 2 bridgehead atoms. The number of likely N-dealkylation sites (tertiary alicyclic amines) is 1. The summed E-state index contributed by atoms with van der Waals surface area (Å²) in [6.07, 6.45) is 1.12. The summed E-state index contributed by atoms with van der Waals surface area (Å²) in [5.41, 5.74) is 2.06. The highest BCUT2D eigenvalue weighted by Gasteiger charge is 2.35. The van der Waals surface area contributed by atoms with Gasteiger partial charge < -0.3 is 14.8 Å². The van der Waals surface area contributed by atoms with Gasteiger partial charge in [-0.15, -0.1) is 0 Å². The van der Waals surface area contributed by atoms with Crippen molar-refractivity contribution in [1.82, 2.24) is 9.47 Å². The van der Waals surface area contributed by atoms with Crippen molar-refractivity contribution in [3.8, 4) is 0 Å². The number of aromatic nitrogens is 1. The number of pyridine rings is 1. The number of thiocarbonyl (C=S) groups is 1. The fourth-order valence-electron chi connectivity index (χ4n) is 3.82. The molecule has 0 saturated carbocycles. The zero-order valence-electron chi connectivity index (χ0n) is 13.1. The molecule has 24 heavy (non-hydrogen) atoms. The second-order valence-electron chi connectivity index (χ2n) is 6.51. The molecule has 1 aromatic carbocycles. The summed E-state index contributed by atoms with van der Waals surface area (Å²) in [7, 11) is 0. The van der Waals surface area contributed by atoms with E-state index >= 15 is 0 Å². The maximum Gasteiger partial charge on any atom is 0.250 e. The first-order valence-electron chi connectivity index (χ1n) is 8.12. The summed E-state index contributed by atoms with van der Waals surface area (Å²) in [4.78, 5) is 14.3. The van der Waals surface area contributed by atoms with Gasteiger partial charge in [-0.05, 0) is 42.8 Å². The lowest BCUT2D eigenvalue weighted by atomic mass is 9.83. The zero-order chi connectivity index (χ0) is 16.7. The molecular formula is C18H18ClN3OS. The Morgan fingerprint density at radius 3 is 2.79 bits per heavy atom. The van der Waals surface area contributed by atoms with Crippen LogP contribution >= 0.6 is 23.8 Å². The lowest BCUT2D eigenvalue weighted by Crippen LogP contribution is -2.50. The van der Waals surface area contributed by atoms with Gasteiger partial charge in [-0.1, -0.05) is 29.8 Å². The summed E-state index contributed by atoms with van der Waals surface area (Å²) in [5, 5.41) is 4.62. The Hall–Kier alpha value is -1.85. The summed E-state index contributed by atoms with van der Waals surface area (Å²) < 4.78 is 1.93. The van der Waals surface area contributed by atoms with Crippen LogP contribution in [0.2, 0.25) is 5.02 Å². The lowest BCUT2D eigenvalue weighted by Gasteiger charge is -2.43. The molecule has 2 atom stereocenters. The molecule has 2 aliphatic rings. The van der Waals surface area contributed by atoms with Gasteiger partial charge in [0, 0.05) is 37.3 Å². The fraction of sp³-hybridized carbons (Fsp3) is 0.333. The van der Waals surface area contributed by atoms with E-state index in [-0.39, 0.29) is 5.56 Å². The van der Waals surface area contributed by atoms with Crippen LogP contribution in [0, 0.1) is 5.92 Å². The molecule has 1 saturated heterocycles. The topological polar surface area (TPSA) is 37.3 Å². The summed E-state index contributed by atoms with van der Waals surface area (Å²) >= 11 is 11.8. The van der Waals surface area contributed by atoms with E-state index in [2.05, 4.69) is 16.3 Å². The van der Waals surface area contributed by atoms with E-state index in [1.54, 1.807) is 6.07 Å². The maximum absolute atomic E-state index is 12.1. The number of benzene rings is 1. The van der Waals surface area contributed by atoms with Crippen molar-refractivity contribution in [2.24, 2.45) is 5.92 Å². The van der Waals surface area contributed by atoms with E-state index in [1.807, 2.05) is 34.9 Å². The highest BCUT2D eigenvalue weighted by molar-refractivity contribution is 7.80. The van der Waals surface area contributed by atoms with Crippen LogP contribution in [-0.4, -0.2) is 27.7 Å². The molecule has 4 rings (SSSR count). The Kier molecular flexibility index (Phi) is 4.06. The van der Waals surface area contributed by atoms with E-state index in [4.69, 9.17) is 23.8 Å². The number of hydrogen-bond donors (Lipinski definition) is 1. The number of fused-ring (bicyclic) bond motifs is 4. The average Bonchev–Trinajstić information content (AvgIpc) is 2.58. The number of nitrogens with zero attached hydrogens (tertiary/aromatic N) is 2. The monoisotopic (exact) mass is 359 g/mol. The first-order valence-corrected chi connectivity index (χ1v) is 8.90. The smallest absolute Gasteiger partial charge is 0.250 e. The van der Waals surface area contributed by atoms with Gasteiger partial charge in [-0.25, -0.2) is 0 Å². The number of anilines is 1. The van der Waals surface area contributed by atoms with Crippen molar-refractivity contribution in [2.75, 3.05) is 18.4 Å². The molecule has 2 aromatic rings. The Labute approximate surface area is 151 Å². The van der Waals surface area contributed by atoms with E-state index in [0.29, 0.717) is 22.0 Å². The molecule has 4 nitrogen and oxygen atoms in total. The largest absolute Gasteiger partial charge is 0.348 e. The van der Waals surface area contributed by atoms with Crippen molar-refractivity contribution in [2.45, 2.75) is 18.9 Å². The molecule has 1 fully saturated rings. The molecule has 0 radical (unpaired) electrons. The molecule has 0 amide bonds. The van der Waals surface area contributed by atoms with Crippen molar-refractivity contribution >= 4 is 34.6 Å². The van der Waals surface area contributed by atoms with Gasteiger partial charge in [0.2, 0.25) is 0 Å². The predicted molar refractivity (Wildman–Crippen MR) is 101 cm³/mol. The fourth-order valence-corrected chi connectivity index (χ4v) is 4.26. The Morgan fingerprint density at radius 2 is 1.96 bits per heavy atom. The van der Waals surface area contributed by atoms with Crippen molar-refractivity contribution < 1.29 is 0 Å². The number of halogens is 1. The van der Waals surface area contributed by atoms with Gasteiger partial charge in [0.15, 0.2) is 5.11 Å². The van der Waals surface area contributed by atoms with Crippen LogP contribution < -0.4 is 10.9 Å². The molecule has 3 heterocycles. The predicted octanol–water partition coefficient (Wildman–Crippen LogP) is 3.32. The Bertz CT molecular complexity index is 850. The summed E-state index contributed by atoms with van der Waals surface area (Å²) in [6, 6.07) is 13.2. The molecule has 2 unspecified atom stereocenters. The van der Waals surface area contributed by atoms with Crippen LogP contribution in [0.1, 0.15) is 18.0 Å². The molecule has 124 valence electrons. The van der Waals surface area contributed by atoms with Crippen LogP contribution in [0.15, 0.2) is 47.3 Å². The van der Waals surface area contributed by atoms with Crippen molar-refractivity contribution in [3.63, 3.8) is 0 Å². The number of rotatable bonds is 1. The molecule has 6 heteroatoms. The van der Waals surface area contributed by atoms with E-state index in [9.17, 15) is 4.79 Å². The second kappa shape index (κ2) is 6.22. The molecule has 0 aliphatic carbocycles. The average molecular weight is 360 g/mol. The van der Waals surface area contributed by atoms with E-state index in [0.717, 1.165) is 37.4 Å². The minimum Gasteiger partial charge on any atom is -0.348 e. The molecular weight excluding hydrogens is 342 g/mol. The van der Waals surface area contributed by atoms with Crippen LogP contribution in [-0.2, 0) is 6.54 Å². The zero-order valence-corrected chi connectivity index (χ0v) is 14.7. The minimum absolute atomic E-state index is 0.104. The minimum atomic E-state index is 0.104. The number of hydrogen-bond acceptors (Lipinski definition) is 2. The van der Waals surface area contributed by atoms with Crippen LogP contribution in [0.25, 0.3) is 0 Å². The second-order valence-corrected chi connectivity index (χ2v) is 7.31. The standard InChI is InChI=1S/C18H18ClN3OS/c19-14-4-1-2-5-15(14)20-18(24)21-9-12-8-13(11-21)16-6-3-7-17(23)22(16)10-12/h1-7,12-13H,8-11H2,(H,20,24). The van der Waals surface area contributed by atoms with Gasteiger partial charge in [-0.3, -0.25) is 4.79 Å². The summed E-state index contributed by atoms with van der Waals surface area (Å²) in [5.74, 6) is 0.791. The SMILES string of the molecule is O=c1cccc2n1CC1CC2CN(C(=S)Nc2ccccc2Cl)C1. The lowest BCUT2D eigenvalue weighted by molar-refractivity contribution is 0.180. The highest BCUT2D eigenvalue weighted by Crippen LogP contribution is 2.35.